The fraction of sp³-hybridized carbons (Fsp3) is 0.222. The molecule has 0 spiro atoms. The van der Waals surface area contributed by atoms with E-state index in [-0.39, 0.29) is 6.42 Å². The summed E-state index contributed by atoms with van der Waals surface area (Å²) in [6, 6.07) is 17.4. The lowest BCUT2D eigenvalue weighted by Gasteiger charge is -2.07. The predicted octanol–water partition coefficient (Wildman–Crippen LogP) is 1.80. The minimum atomic E-state index is -0.959. The number of carboxylic acids is 2. The lowest BCUT2D eigenvalue weighted by Crippen LogP contribution is -2.32. The first kappa shape index (κ1) is 19.3. The van der Waals surface area contributed by atoms with Crippen molar-refractivity contribution in [2.45, 2.75) is 24.9 Å². The molecule has 6 N–H and O–H groups in total. The van der Waals surface area contributed by atoms with Gasteiger partial charge in [-0.2, -0.15) is 0 Å². The normalized spacial score (nSPS) is 12.4. The Balaban J connectivity index is 0.000000240. The number of hydrogen-bond donors (Lipinski definition) is 4. The maximum atomic E-state index is 10.4. The van der Waals surface area contributed by atoms with E-state index in [1.54, 1.807) is 0 Å². The SMILES string of the molecule is N[C@@H](CC(=O)O)c1ccccc1.N[C@@H](Cc1ccccc1)C(=O)O. The van der Waals surface area contributed by atoms with Crippen molar-refractivity contribution < 1.29 is 19.8 Å². The molecule has 0 saturated heterocycles. The monoisotopic (exact) mass is 330 g/mol. The van der Waals surface area contributed by atoms with E-state index in [9.17, 15) is 9.59 Å². The molecule has 0 aliphatic heterocycles. The maximum Gasteiger partial charge on any atom is 0.320 e. The number of aliphatic carboxylic acids is 2. The van der Waals surface area contributed by atoms with Gasteiger partial charge >= 0.3 is 11.9 Å². The van der Waals surface area contributed by atoms with E-state index in [1.165, 1.54) is 0 Å². The minimum absolute atomic E-state index is 0.0238. The maximum absolute atomic E-state index is 10.4. The second kappa shape index (κ2) is 10.1. The zero-order valence-corrected chi connectivity index (χ0v) is 13.2. The highest BCUT2D eigenvalue weighted by Crippen LogP contribution is 2.12. The molecule has 6 heteroatoms. The van der Waals surface area contributed by atoms with Gasteiger partial charge in [-0.25, -0.2) is 0 Å². The number of carboxylic acid groups (broad SMARTS) is 2. The van der Waals surface area contributed by atoms with Gasteiger partial charge in [0.2, 0.25) is 0 Å². The average molecular weight is 330 g/mol. The predicted molar refractivity (Wildman–Crippen MR) is 91.4 cm³/mol. The van der Waals surface area contributed by atoms with Gasteiger partial charge in [-0.1, -0.05) is 60.7 Å². The van der Waals surface area contributed by atoms with Crippen LogP contribution in [-0.2, 0) is 16.0 Å². The molecule has 0 saturated carbocycles. The van der Waals surface area contributed by atoms with Gasteiger partial charge in [0.25, 0.3) is 0 Å². The van der Waals surface area contributed by atoms with E-state index >= 15 is 0 Å². The van der Waals surface area contributed by atoms with E-state index in [2.05, 4.69) is 0 Å². The molecule has 128 valence electrons. The molecule has 0 aliphatic rings. The molecular weight excluding hydrogens is 308 g/mol. The molecule has 0 unspecified atom stereocenters. The first-order chi connectivity index (χ1) is 11.4. The summed E-state index contributed by atoms with van der Waals surface area (Å²) in [7, 11) is 0. The molecule has 2 rings (SSSR count). The Morgan fingerprint density at radius 1 is 0.875 bits per heavy atom. The smallest absolute Gasteiger partial charge is 0.320 e. The number of nitrogens with two attached hydrogens (primary N) is 2. The van der Waals surface area contributed by atoms with Crippen LogP contribution in [0.2, 0.25) is 0 Å². The van der Waals surface area contributed by atoms with Crippen LogP contribution in [0.25, 0.3) is 0 Å². The average Bonchev–Trinajstić information content (AvgIpc) is 2.56. The van der Waals surface area contributed by atoms with Gasteiger partial charge in [-0.3, -0.25) is 9.59 Å². The van der Waals surface area contributed by atoms with Crippen LogP contribution in [0.15, 0.2) is 60.7 Å². The van der Waals surface area contributed by atoms with Crippen LogP contribution in [-0.4, -0.2) is 28.2 Å². The molecule has 24 heavy (non-hydrogen) atoms. The van der Waals surface area contributed by atoms with Crippen molar-refractivity contribution in [3.63, 3.8) is 0 Å². The molecule has 2 aromatic carbocycles. The Hall–Kier alpha value is -2.70. The van der Waals surface area contributed by atoms with Crippen molar-refractivity contribution in [2.75, 3.05) is 0 Å². The summed E-state index contributed by atoms with van der Waals surface area (Å²) in [6.45, 7) is 0. The highest BCUT2D eigenvalue weighted by Gasteiger charge is 2.11. The summed E-state index contributed by atoms with van der Waals surface area (Å²) in [5, 5.41) is 17.0. The van der Waals surface area contributed by atoms with Crippen LogP contribution in [0.3, 0.4) is 0 Å². The zero-order chi connectivity index (χ0) is 17.9. The summed E-state index contributed by atoms with van der Waals surface area (Å²) in [5.74, 6) is -1.83. The first-order valence-corrected chi connectivity index (χ1v) is 7.44. The lowest BCUT2D eigenvalue weighted by atomic mass is 10.1. The third-order valence-corrected chi connectivity index (χ3v) is 3.24. The van der Waals surface area contributed by atoms with E-state index in [4.69, 9.17) is 21.7 Å². The zero-order valence-electron chi connectivity index (χ0n) is 13.2. The van der Waals surface area contributed by atoms with Crippen LogP contribution in [0, 0.1) is 0 Å². The van der Waals surface area contributed by atoms with Crippen molar-refractivity contribution in [3.8, 4) is 0 Å². The Kier molecular flexibility index (Phi) is 8.18. The number of hydrogen-bond acceptors (Lipinski definition) is 4. The third kappa shape index (κ3) is 7.53. The molecule has 2 aromatic rings. The molecule has 0 aliphatic carbocycles. The highest BCUT2D eigenvalue weighted by atomic mass is 16.4. The third-order valence-electron chi connectivity index (χ3n) is 3.24. The molecule has 0 radical (unpaired) electrons. The quantitative estimate of drug-likeness (QED) is 0.639. The van der Waals surface area contributed by atoms with Crippen molar-refractivity contribution in [2.24, 2.45) is 11.5 Å². The fourth-order valence-corrected chi connectivity index (χ4v) is 1.96. The molecule has 0 amide bonds. The van der Waals surface area contributed by atoms with Crippen molar-refractivity contribution in [3.05, 3.63) is 71.8 Å². The molecule has 0 aromatic heterocycles. The van der Waals surface area contributed by atoms with E-state index in [1.807, 2.05) is 60.7 Å². The van der Waals surface area contributed by atoms with Crippen LogP contribution in [0.5, 0.6) is 0 Å². The van der Waals surface area contributed by atoms with Crippen LogP contribution in [0.1, 0.15) is 23.6 Å². The van der Waals surface area contributed by atoms with Gasteiger partial charge in [0.1, 0.15) is 6.04 Å². The topological polar surface area (TPSA) is 127 Å². The minimum Gasteiger partial charge on any atom is -0.481 e. The Morgan fingerprint density at radius 2 is 1.38 bits per heavy atom. The standard InChI is InChI=1S/2C9H11NO2/c10-8(6-9(11)12)7-4-2-1-3-5-7;10-8(9(11)12)6-7-4-2-1-3-5-7/h2*1-5,8H,6,10H2,(H,11,12)/t2*8-/m00/s1. The van der Waals surface area contributed by atoms with Crippen molar-refractivity contribution in [1.29, 1.82) is 0 Å². The second-order valence-corrected chi connectivity index (χ2v) is 5.25. The Bertz CT molecular complexity index is 632. The van der Waals surface area contributed by atoms with Gasteiger partial charge < -0.3 is 21.7 Å². The molecule has 2 atom stereocenters. The largest absolute Gasteiger partial charge is 0.481 e. The summed E-state index contributed by atoms with van der Waals surface area (Å²) in [4.78, 5) is 20.7. The van der Waals surface area contributed by atoms with E-state index < -0.39 is 24.0 Å². The number of rotatable bonds is 6. The second-order valence-electron chi connectivity index (χ2n) is 5.25. The van der Waals surface area contributed by atoms with E-state index in [0.29, 0.717) is 6.42 Å². The van der Waals surface area contributed by atoms with E-state index in [0.717, 1.165) is 11.1 Å². The number of benzene rings is 2. The number of carbonyl (C=O) groups is 2. The van der Waals surface area contributed by atoms with Gasteiger partial charge in [0, 0.05) is 6.04 Å². The lowest BCUT2D eigenvalue weighted by molar-refractivity contribution is -0.139. The summed E-state index contributed by atoms with van der Waals surface area (Å²) in [6.07, 6.45) is 0.361. The van der Waals surface area contributed by atoms with Gasteiger partial charge in [0.05, 0.1) is 6.42 Å². The fourth-order valence-electron chi connectivity index (χ4n) is 1.96. The molecule has 6 nitrogen and oxygen atoms in total. The first-order valence-electron chi connectivity index (χ1n) is 7.44. The van der Waals surface area contributed by atoms with Crippen LogP contribution in [0.4, 0.5) is 0 Å². The Labute approximate surface area is 140 Å². The molecule has 0 bridgehead atoms. The van der Waals surface area contributed by atoms with Crippen molar-refractivity contribution in [1.82, 2.24) is 0 Å². The van der Waals surface area contributed by atoms with Gasteiger partial charge in [0.15, 0.2) is 0 Å². The Morgan fingerprint density at radius 3 is 1.83 bits per heavy atom. The molecule has 0 fully saturated rings. The molecular formula is C18H22N2O4. The summed E-state index contributed by atoms with van der Waals surface area (Å²) < 4.78 is 0. The highest BCUT2D eigenvalue weighted by molar-refractivity contribution is 5.73. The van der Waals surface area contributed by atoms with Crippen molar-refractivity contribution >= 4 is 11.9 Å². The van der Waals surface area contributed by atoms with Crippen LogP contribution >= 0.6 is 0 Å². The van der Waals surface area contributed by atoms with Crippen LogP contribution < -0.4 is 11.5 Å². The summed E-state index contributed by atoms with van der Waals surface area (Å²) >= 11 is 0. The van der Waals surface area contributed by atoms with Gasteiger partial charge in [-0.15, -0.1) is 0 Å². The molecule has 0 heterocycles. The van der Waals surface area contributed by atoms with Gasteiger partial charge in [-0.05, 0) is 17.5 Å². The summed E-state index contributed by atoms with van der Waals surface area (Å²) in [5.41, 5.74) is 12.8.